The van der Waals surface area contributed by atoms with Crippen LogP contribution in [0.2, 0.25) is 0 Å². The van der Waals surface area contributed by atoms with Crippen molar-refractivity contribution in [3.05, 3.63) is 11.6 Å². The molecule has 7 atom stereocenters. The third kappa shape index (κ3) is 2.19. The molecule has 132 valence electrons. The van der Waals surface area contributed by atoms with Crippen LogP contribution in [-0.4, -0.2) is 27.4 Å². The fourth-order valence-electron chi connectivity index (χ4n) is 6.95. The Kier molecular flexibility index (Phi) is 4.02. The van der Waals surface area contributed by atoms with Gasteiger partial charge in [-0.15, -0.1) is 0 Å². The van der Waals surface area contributed by atoms with Crippen molar-refractivity contribution in [1.29, 1.82) is 0 Å². The van der Waals surface area contributed by atoms with Gasteiger partial charge in [0.25, 0.3) is 0 Å². The molecule has 0 aromatic rings. The first-order valence-electron chi connectivity index (χ1n) is 9.40. The standard InChI is InChI=1S/C20H32O2.H2O/c1-18-9-6-14(21)12-13(18)4-5-15-16(18)7-10-19(2)17(15)8-11-20(19,3)22;/h12,14-17,21-22H,4-11H2,1-3H3;1H2/t14-,15+,16-,17-,18-,19-,20-;/m0./s1. The maximum atomic E-state index is 10.9. The van der Waals surface area contributed by atoms with E-state index in [2.05, 4.69) is 26.8 Å². The van der Waals surface area contributed by atoms with Crippen molar-refractivity contribution in [2.24, 2.45) is 28.6 Å². The molecule has 4 aliphatic rings. The average Bonchev–Trinajstić information content (AvgIpc) is 2.70. The summed E-state index contributed by atoms with van der Waals surface area (Å²) in [5, 5.41) is 20.9. The molecule has 23 heavy (non-hydrogen) atoms. The van der Waals surface area contributed by atoms with Crippen LogP contribution in [0.25, 0.3) is 0 Å². The summed E-state index contributed by atoms with van der Waals surface area (Å²) in [6.45, 7) is 6.91. The highest BCUT2D eigenvalue weighted by Crippen LogP contribution is 2.67. The predicted octanol–water partition coefficient (Wildman–Crippen LogP) is 3.24. The molecule has 0 aliphatic heterocycles. The van der Waals surface area contributed by atoms with E-state index in [9.17, 15) is 10.2 Å². The molecular formula is C20H34O3. The van der Waals surface area contributed by atoms with E-state index in [0.29, 0.717) is 11.3 Å². The highest BCUT2D eigenvalue weighted by atomic mass is 16.3. The first-order valence-corrected chi connectivity index (χ1v) is 9.40. The summed E-state index contributed by atoms with van der Waals surface area (Å²) < 4.78 is 0. The summed E-state index contributed by atoms with van der Waals surface area (Å²) in [5.41, 5.74) is 1.51. The monoisotopic (exact) mass is 322 g/mol. The highest BCUT2D eigenvalue weighted by molar-refractivity contribution is 5.26. The molecule has 0 unspecified atom stereocenters. The molecular weight excluding hydrogens is 288 g/mol. The zero-order chi connectivity index (χ0) is 15.8. The van der Waals surface area contributed by atoms with E-state index in [-0.39, 0.29) is 17.0 Å². The quantitative estimate of drug-likeness (QED) is 0.672. The number of fused-ring (bicyclic) bond motifs is 5. The van der Waals surface area contributed by atoms with Gasteiger partial charge in [-0.2, -0.15) is 0 Å². The molecule has 0 spiro atoms. The number of allylic oxidation sites excluding steroid dienone is 1. The minimum absolute atomic E-state index is 0. The Morgan fingerprint density at radius 3 is 2.39 bits per heavy atom. The van der Waals surface area contributed by atoms with E-state index < -0.39 is 5.60 Å². The van der Waals surface area contributed by atoms with Crippen LogP contribution in [-0.2, 0) is 0 Å². The Labute approximate surface area is 140 Å². The maximum Gasteiger partial charge on any atom is 0.0724 e. The number of hydrogen-bond acceptors (Lipinski definition) is 2. The molecule has 0 heterocycles. The van der Waals surface area contributed by atoms with Crippen molar-refractivity contribution in [2.45, 2.75) is 83.8 Å². The Bertz CT molecular complexity index is 511. The van der Waals surface area contributed by atoms with Gasteiger partial charge in [0.15, 0.2) is 0 Å². The van der Waals surface area contributed by atoms with Crippen molar-refractivity contribution >= 4 is 0 Å². The third-order valence-electron chi connectivity index (χ3n) is 8.65. The lowest BCUT2D eigenvalue weighted by molar-refractivity contribution is -0.118. The fourth-order valence-corrected chi connectivity index (χ4v) is 6.95. The van der Waals surface area contributed by atoms with Crippen LogP contribution >= 0.6 is 0 Å². The van der Waals surface area contributed by atoms with Gasteiger partial charge in [0.2, 0.25) is 0 Å². The Morgan fingerprint density at radius 2 is 1.65 bits per heavy atom. The normalized spacial score (nSPS) is 55.1. The molecule has 3 fully saturated rings. The van der Waals surface area contributed by atoms with E-state index in [0.717, 1.165) is 31.1 Å². The molecule has 4 aliphatic carbocycles. The molecule has 0 aromatic heterocycles. The van der Waals surface area contributed by atoms with Crippen LogP contribution in [0.4, 0.5) is 0 Å². The van der Waals surface area contributed by atoms with Crippen molar-refractivity contribution < 1.29 is 15.7 Å². The molecule has 3 nitrogen and oxygen atoms in total. The summed E-state index contributed by atoms with van der Waals surface area (Å²) in [6, 6.07) is 0. The van der Waals surface area contributed by atoms with Crippen LogP contribution in [0.1, 0.15) is 72.1 Å². The number of rotatable bonds is 0. The molecule has 4 N–H and O–H groups in total. The Balaban J connectivity index is 0.00000156. The minimum Gasteiger partial charge on any atom is -0.412 e. The zero-order valence-corrected chi connectivity index (χ0v) is 14.9. The largest absolute Gasteiger partial charge is 0.412 e. The van der Waals surface area contributed by atoms with Crippen LogP contribution in [0, 0.1) is 28.6 Å². The lowest BCUT2D eigenvalue weighted by atomic mass is 9.46. The molecule has 0 saturated heterocycles. The van der Waals surface area contributed by atoms with Gasteiger partial charge in [-0.25, -0.2) is 0 Å². The van der Waals surface area contributed by atoms with Gasteiger partial charge >= 0.3 is 0 Å². The van der Waals surface area contributed by atoms with E-state index in [1.165, 1.54) is 32.1 Å². The van der Waals surface area contributed by atoms with Crippen LogP contribution in [0.5, 0.6) is 0 Å². The Morgan fingerprint density at radius 1 is 0.957 bits per heavy atom. The van der Waals surface area contributed by atoms with Crippen molar-refractivity contribution in [1.82, 2.24) is 0 Å². The summed E-state index contributed by atoms with van der Waals surface area (Å²) >= 11 is 0. The van der Waals surface area contributed by atoms with Gasteiger partial charge in [-0.1, -0.05) is 25.5 Å². The maximum absolute atomic E-state index is 10.9. The topological polar surface area (TPSA) is 72.0 Å². The number of aliphatic hydroxyl groups is 2. The van der Waals surface area contributed by atoms with Gasteiger partial charge < -0.3 is 15.7 Å². The van der Waals surface area contributed by atoms with Gasteiger partial charge in [0, 0.05) is 0 Å². The number of aliphatic hydroxyl groups excluding tert-OH is 1. The highest BCUT2D eigenvalue weighted by Gasteiger charge is 2.62. The van der Waals surface area contributed by atoms with Gasteiger partial charge in [-0.05, 0) is 86.9 Å². The van der Waals surface area contributed by atoms with E-state index in [1.54, 1.807) is 5.57 Å². The minimum atomic E-state index is -0.470. The third-order valence-corrected chi connectivity index (χ3v) is 8.65. The summed E-state index contributed by atoms with van der Waals surface area (Å²) in [6.07, 6.45) is 11.1. The second-order valence-electron chi connectivity index (χ2n) is 9.40. The smallest absolute Gasteiger partial charge is 0.0724 e. The first kappa shape index (κ1) is 17.4. The van der Waals surface area contributed by atoms with Crippen molar-refractivity contribution in [3.63, 3.8) is 0 Å². The summed E-state index contributed by atoms with van der Waals surface area (Å²) in [5.74, 6) is 2.25. The molecule has 0 radical (unpaired) electrons. The molecule has 0 amide bonds. The number of hydrogen-bond donors (Lipinski definition) is 2. The SMILES string of the molecule is C[C@]12CC[C@H](O)C=C1CC[C@@H]1[C@@H]2CC[C@@]2(C)[C@H]1CC[C@]2(C)O.O. The van der Waals surface area contributed by atoms with Crippen molar-refractivity contribution in [3.8, 4) is 0 Å². The second kappa shape index (κ2) is 5.31. The van der Waals surface area contributed by atoms with E-state index >= 15 is 0 Å². The lowest BCUT2D eigenvalue weighted by Gasteiger charge is -2.59. The fraction of sp³-hybridized carbons (Fsp3) is 0.900. The molecule has 3 heteroatoms. The molecule has 0 aromatic carbocycles. The molecule has 4 rings (SSSR count). The second-order valence-corrected chi connectivity index (χ2v) is 9.40. The van der Waals surface area contributed by atoms with Gasteiger partial charge in [-0.3, -0.25) is 0 Å². The molecule has 0 bridgehead atoms. The average molecular weight is 322 g/mol. The predicted molar refractivity (Wildman–Crippen MR) is 91.9 cm³/mol. The lowest BCUT2D eigenvalue weighted by Crippen LogP contribution is -2.54. The zero-order valence-electron chi connectivity index (χ0n) is 14.9. The van der Waals surface area contributed by atoms with Crippen molar-refractivity contribution in [2.75, 3.05) is 0 Å². The van der Waals surface area contributed by atoms with Crippen LogP contribution < -0.4 is 0 Å². The first-order chi connectivity index (χ1) is 10.3. The summed E-state index contributed by atoms with van der Waals surface area (Å²) in [7, 11) is 0. The van der Waals surface area contributed by atoms with Crippen LogP contribution in [0.3, 0.4) is 0 Å². The summed E-state index contributed by atoms with van der Waals surface area (Å²) in [4.78, 5) is 0. The van der Waals surface area contributed by atoms with Gasteiger partial charge in [0.1, 0.15) is 0 Å². The van der Waals surface area contributed by atoms with E-state index in [4.69, 9.17) is 0 Å². The van der Waals surface area contributed by atoms with E-state index in [1.807, 2.05) is 0 Å². The Hall–Kier alpha value is -0.380. The molecule has 3 saturated carbocycles. The van der Waals surface area contributed by atoms with Gasteiger partial charge in [0.05, 0.1) is 11.7 Å². The van der Waals surface area contributed by atoms with Crippen LogP contribution in [0.15, 0.2) is 11.6 Å².